The molecule has 3 aromatic rings. The van der Waals surface area contributed by atoms with Gasteiger partial charge in [0.05, 0.1) is 6.42 Å². The molecule has 0 spiro atoms. The molecule has 6 heteroatoms. The molecule has 1 atom stereocenters. The third-order valence-electron chi connectivity index (χ3n) is 5.04. The lowest BCUT2D eigenvalue weighted by Gasteiger charge is -2.22. The van der Waals surface area contributed by atoms with Gasteiger partial charge in [0.25, 0.3) is 5.91 Å². The Hall–Kier alpha value is -3.51. The standard InChI is InChI=1S/C24H26N4O2/c1-17-5-3-4-6-20(17)15-23(29)28(2)16-22(25)18-7-9-19(10-8-18)24(30)27-21-11-13-26-14-12-21/h3-14,22H,15-16,25H2,1-2H3,(H,26,27,30). The second-order valence-electron chi connectivity index (χ2n) is 7.30. The van der Waals surface area contributed by atoms with Gasteiger partial charge in [0.15, 0.2) is 0 Å². The number of hydrogen-bond donors (Lipinski definition) is 2. The van der Waals surface area contributed by atoms with Crippen LogP contribution < -0.4 is 11.1 Å². The second-order valence-corrected chi connectivity index (χ2v) is 7.30. The number of benzene rings is 2. The lowest BCUT2D eigenvalue weighted by atomic mass is 10.0. The number of nitrogens with two attached hydrogens (primary N) is 1. The molecular formula is C24H26N4O2. The van der Waals surface area contributed by atoms with Crippen molar-refractivity contribution in [3.63, 3.8) is 0 Å². The minimum absolute atomic E-state index is 0.0214. The van der Waals surface area contributed by atoms with E-state index in [-0.39, 0.29) is 17.9 Å². The van der Waals surface area contributed by atoms with E-state index in [0.29, 0.717) is 24.2 Å². The first-order chi connectivity index (χ1) is 14.4. The summed E-state index contributed by atoms with van der Waals surface area (Å²) in [5.74, 6) is -0.181. The van der Waals surface area contributed by atoms with Gasteiger partial charge in [-0.1, -0.05) is 36.4 Å². The van der Waals surface area contributed by atoms with Crippen LogP contribution in [-0.4, -0.2) is 35.3 Å². The van der Waals surface area contributed by atoms with Gasteiger partial charge >= 0.3 is 0 Å². The molecule has 0 aliphatic carbocycles. The molecule has 0 saturated heterocycles. The number of nitrogens with zero attached hydrogens (tertiary/aromatic N) is 2. The Morgan fingerprint density at radius 1 is 1.03 bits per heavy atom. The van der Waals surface area contributed by atoms with Crippen molar-refractivity contribution < 1.29 is 9.59 Å². The minimum Gasteiger partial charge on any atom is -0.344 e. The molecule has 1 unspecified atom stereocenters. The van der Waals surface area contributed by atoms with Crippen molar-refractivity contribution in [2.45, 2.75) is 19.4 Å². The fourth-order valence-corrected chi connectivity index (χ4v) is 3.13. The lowest BCUT2D eigenvalue weighted by Crippen LogP contribution is -2.35. The summed E-state index contributed by atoms with van der Waals surface area (Å²) in [4.78, 5) is 30.5. The molecule has 0 aliphatic rings. The number of hydrogen-bond acceptors (Lipinski definition) is 4. The van der Waals surface area contributed by atoms with Crippen molar-refractivity contribution in [1.82, 2.24) is 9.88 Å². The van der Waals surface area contributed by atoms with Crippen LogP contribution >= 0.6 is 0 Å². The van der Waals surface area contributed by atoms with Crippen LogP contribution in [0.25, 0.3) is 0 Å². The van der Waals surface area contributed by atoms with Gasteiger partial charge in [-0.05, 0) is 47.9 Å². The number of aryl methyl sites for hydroxylation is 1. The Morgan fingerprint density at radius 3 is 2.37 bits per heavy atom. The third-order valence-corrected chi connectivity index (χ3v) is 5.04. The molecule has 1 aromatic heterocycles. The zero-order valence-corrected chi connectivity index (χ0v) is 17.2. The molecule has 0 aliphatic heterocycles. The average Bonchev–Trinajstić information content (AvgIpc) is 2.76. The van der Waals surface area contributed by atoms with Crippen molar-refractivity contribution in [2.75, 3.05) is 18.9 Å². The van der Waals surface area contributed by atoms with Gasteiger partial charge in [-0.2, -0.15) is 0 Å². The molecule has 0 fully saturated rings. The summed E-state index contributed by atoms with van der Waals surface area (Å²) in [5.41, 5.74) is 10.5. The number of amides is 2. The molecule has 2 aromatic carbocycles. The lowest BCUT2D eigenvalue weighted by molar-refractivity contribution is -0.129. The number of carbonyl (C=O) groups excluding carboxylic acids is 2. The fourth-order valence-electron chi connectivity index (χ4n) is 3.13. The molecule has 2 amide bonds. The SMILES string of the molecule is Cc1ccccc1CC(=O)N(C)CC(N)c1ccc(C(=O)Nc2ccncc2)cc1. The van der Waals surface area contributed by atoms with E-state index in [9.17, 15) is 9.59 Å². The Bertz CT molecular complexity index is 1000. The molecule has 0 radical (unpaired) electrons. The van der Waals surface area contributed by atoms with E-state index in [4.69, 9.17) is 5.73 Å². The maximum atomic E-state index is 12.6. The predicted molar refractivity (Wildman–Crippen MR) is 118 cm³/mol. The molecule has 6 nitrogen and oxygen atoms in total. The summed E-state index contributed by atoms with van der Waals surface area (Å²) in [6.45, 7) is 2.40. The predicted octanol–water partition coefficient (Wildman–Crippen LogP) is 3.34. The van der Waals surface area contributed by atoms with E-state index < -0.39 is 0 Å². The van der Waals surface area contributed by atoms with Gasteiger partial charge in [-0.3, -0.25) is 14.6 Å². The summed E-state index contributed by atoms with van der Waals surface area (Å²) in [5, 5.41) is 2.82. The second kappa shape index (κ2) is 9.80. The van der Waals surface area contributed by atoms with Gasteiger partial charge in [0, 0.05) is 43.3 Å². The Labute approximate surface area is 176 Å². The highest BCUT2D eigenvalue weighted by Crippen LogP contribution is 2.15. The van der Waals surface area contributed by atoms with Crippen LogP contribution in [0, 0.1) is 6.92 Å². The topological polar surface area (TPSA) is 88.3 Å². The monoisotopic (exact) mass is 402 g/mol. The van der Waals surface area contributed by atoms with Gasteiger partial charge < -0.3 is 16.0 Å². The highest BCUT2D eigenvalue weighted by atomic mass is 16.2. The molecular weight excluding hydrogens is 376 g/mol. The highest BCUT2D eigenvalue weighted by molar-refractivity contribution is 6.04. The summed E-state index contributed by atoms with van der Waals surface area (Å²) >= 11 is 0. The maximum Gasteiger partial charge on any atom is 0.255 e. The summed E-state index contributed by atoms with van der Waals surface area (Å²) in [6.07, 6.45) is 3.59. The first-order valence-electron chi connectivity index (χ1n) is 9.79. The largest absolute Gasteiger partial charge is 0.344 e. The number of rotatable bonds is 7. The van der Waals surface area contributed by atoms with Crippen LogP contribution in [0.15, 0.2) is 73.1 Å². The highest BCUT2D eigenvalue weighted by Gasteiger charge is 2.16. The Kier molecular flexibility index (Phi) is 6.93. The fraction of sp³-hybridized carbons (Fsp3) is 0.208. The van der Waals surface area contributed by atoms with E-state index in [0.717, 1.165) is 16.7 Å². The maximum absolute atomic E-state index is 12.6. The quantitative estimate of drug-likeness (QED) is 0.634. The zero-order valence-electron chi connectivity index (χ0n) is 17.2. The number of carbonyl (C=O) groups is 2. The van der Waals surface area contributed by atoms with E-state index in [1.165, 1.54) is 0 Å². The van der Waals surface area contributed by atoms with Crippen LogP contribution in [0.1, 0.15) is 33.1 Å². The Balaban J connectivity index is 1.57. The van der Waals surface area contributed by atoms with Crippen molar-refractivity contribution in [3.8, 4) is 0 Å². The van der Waals surface area contributed by atoms with Crippen LogP contribution in [0.2, 0.25) is 0 Å². The van der Waals surface area contributed by atoms with Crippen molar-refractivity contribution in [3.05, 3.63) is 95.3 Å². The molecule has 1 heterocycles. The van der Waals surface area contributed by atoms with Gasteiger partial charge in [-0.15, -0.1) is 0 Å². The van der Waals surface area contributed by atoms with Crippen LogP contribution in [0.5, 0.6) is 0 Å². The van der Waals surface area contributed by atoms with Gasteiger partial charge in [-0.25, -0.2) is 0 Å². The van der Waals surface area contributed by atoms with E-state index in [1.54, 1.807) is 48.6 Å². The van der Waals surface area contributed by atoms with Crippen LogP contribution in [-0.2, 0) is 11.2 Å². The molecule has 154 valence electrons. The zero-order chi connectivity index (χ0) is 21.5. The van der Waals surface area contributed by atoms with E-state index in [1.807, 2.05) is 43.3 Å². The number of pyridine rings is 1. The van der Waals surface area contributed by atoms with Crippen LogP contribution in [0.3, 0.4) is 0 Å². The number of aromatic nitrogens is 1. The molecule has 0 saturated carbocycles. The minimum atomic E-state index is -0.340. The van der Waals surface area contributed by atoms with Crippen LogP contribution in [0.4, 0.5) is 5.69 Å². The van der Waals surface area contributed by atoms with Crippen molar-refractivity contribution in [2.24, 2.45) is 5.73 Å². The first kappa shape index (κ1) is 21.2. The summed E-state index contributed by atoms with van der Waals surface area (Å²) in [7, 11) is 1.76. The third kappa shape index (κ3) is 5.52. The summed E-state index contributed by atoms with van der Waals surface area (Å²) < 4.78 is 0. The van der Waals surface area contributed by atoms with Gasteiger partial charge in [0.2, 0.25) is 5.91 Å². The number of likely N-dealkylation sites (N-methyl/N-ethyl adjacent to an activating group) is 1. The number of nitrogens with one attached hydrogen (secondary N) is 1. The summed E-state index contributed by atoms with van der Waals surface area (Å²) in [6, 6.07) is 18.1. The smallest absolute Gasteiger partial charge is 0.255 e. The molecule has 30 heavy (non-hydrogen) atoms. The van der Waals surface area contributed by atoms with E-state index >= 15 is 0 Å². The average molecular weight is 402 g/mol. The Morgan fingerprint density at radius 2 is 1.70 bits per heavy atom. The molecule has 0 bridgehead atoms. The van der Waals surface area contributed by atoms with Gasteiger partial charge in [0.1, 0.15) is 0 Å². The van der Waals surface area contributed by atoms with Crippen molar-refractivity contribution in [1.29, 1.82) is 0 Å². The first-order valence-corrected chi connectivity index (χ1v) is 9.79. The normalized spacial score (nSPS) is 11.6. The van der Waals surface area contributed by atoms with E-state index in [2.05, 4.69) is 10.3 Å². The number of anilines is 1. The molecule has 3 rings (SSSR count). The molecule has 3 N–H and O–H groups in total. The van der Waals surface area contributed by atoms with Crippen molar-refractivity contribution >= 4 is 17.5 Å².